The minimum absolute atomic E-state index is 0.0216. The van der Waals surface area contributed by atoms with Gasteiger partial charge in [0.05, 0.1) is 10.2 Å². The molecule has 2 rings (SSSR count). The Morgan fingerprint density at radius 2 is 2.07 bits per heavy atom. The first-order chi connectivity index (χ1) is 6.77. The van der Waals surface area contributed by atoms with Crippen molar-refractivity contribution < 1.29 is 0 Å². The Kier molecular flexibility index (Phi) is 2.89. The molecule has 1 heterocycles. The first kappa shape index (κ1) is 9.74. The summed E-state index contributed by atoms with van der Waals surface area (Å²) in [6.07, 6.45) is 1.57. The van der Waals surface area contributed by atoms with Crippen molar-refractivity contribution in [1.82, 2.24) is 9.97 Å². The van der Waals surface area contributed by atoms with Crippen LogP contribution < -0.4 is 0 Å². The SMILES string of the molecule is CC(Cl)Sc1ncnc2ccccc12. The number of halogens is 1. The predicted molar refractivity (Wildman–Crippen MR) is 60.7 cm³/mol. The van der Waals surface area contributed by atoms with E-state index >= 15 is 0 Å². The van der Waals surface area contributed by atoms with Crippen LogP contribution >= 0.6 is 23.4 Å². The summed E-state index contributed by atoms with van der Waals surface area (Å²) < 4.78 is 0.0216. The van der Waals surface area contributed by atoms with Gasteiger partial charge >= 0.3 is 0 Å². The molecule has 0 bridgehead atoms. The number of alkyl halides is 1. The van der Waals surface area contributed by atoms with Crippen LogP contribution in [0.2, 0.25) is 0 Å². The third-order valence-electron chi connectivity index (χ3n) is 1.78. The molecule has 1 atom stereocenters. The summed E-state index contributed by atoms with van der Waals surface area (Å²) in [4.78, 5) is 8.40. The predicted octanol–water partition coefficient (Wildman–Crippen LogP) is 3.31. The number of hydrogen-bond donors (Lipinski definition) is 0. The molecule has 0 amide bonds. The van der Waals surface area contributed by atoms with Crippen LogP contribution in [0.4, 0.5) is 0 Å². The molecular weight excluding hydrogens is 216 g/mol. The molecule has 72 valence electrons. The van der Waals surface area contributed by atoms with E-state index in [0.717, 1.165) is 15.9 Å². The molecule has 0 saturated carbocycles. The average Bonchev–Trinajstić information content (AvgIpc) is 2.18. The summed E-state index contributed by atoms with van der Waals surface area (Å²) in [6.45, 7) is 1.93. The third-order valence-corrected chi connectivity index (χ3v) is 2.92. The molecule has 1 aromatic heterocycles. The van der Waals surface area contributed by atoms with Crippen molar-refractivity contribution in [2.45, 2.75) is 16.7 Å². The molecule has 0 N–H and O–H groups in total. The highest BCUT2D eigenvalue weighted by Crippen LogP contribution is 2.28. The minimum atomic E-state index is 0.0216. The zero-order valence-corrected chi connectivity index (χ0v) is 9.22. The van der Waals surface area contributed by atoms with Gasteiger partial charge in [0, 0.05) is 5.39 Å². The van der Waals surface area contributed by atoms with Crippen LogP contribution in [0.5, 0.6) is 0 Å². The third kappa shape index (κ3) is 1.99. The summed E-state index contributed by atoms with van der Waals surface area (Å²) in [5.41, 5.74) is 0.960. The second kappa shape index (κ2) is 4.15. The molecule has 2 nitrogen and oxygen atoms in total. The molecule has 2 aromatic rings. The highest BCUT2D eigenvalue weighted by molar-refractivity contribution is 8.01. The fourth-order valence-electron chi connectivity index (χ4n) is 1.23. The van der Waals surface area contributed by atoms with E-state index in [-0.39, 0.29) is 4.71 Å². The highest BCUT2D eigenvalue weighted by Gasteiger charge is 2.06. The van der Waals surface area contributed by atoms with Gasteiger partial charge in [0.1, 0.15) is 11.4 Å². The maximum absolute atomic E-state index is 5.92. The molecule has 0 aliphatic heterocycles. The van der Waals surface area contributed by atoms with E-state index in [1.54, 1.807) is 18.1 Å². The smallest absolute Gasteiger partial charge is 0.117 e. The van der Waals surface area contributed by atoms with Crippen molar-refractivity contribution in [1.29, 1.82) is 0 Å². The Morgan fingerprint density at radius 1 is 1.29 bits per heavy atom. The normalized spacial score (nSPS) is 13.0. The van der Waals surface area contributed by atoms with Crippen LogP contribution in [0, 0.1) is 0 Å². The Bertz CT molecular complexity index is 440. The van der Waals surface area contributed by atoms with E-state index in [9.17, 15) is 0 Å². The van der Waals surface area contributed by atoms with Gasteiger partial charge in [0.25, 0.3) is 0 Å². The minimum Gasteiger partial charge on any atom is -0.236 e. The Hall–Kier alpha value is -0.800. The number of aromatic nitrogens is 2. The lowest BCUT2D eigenvalue weighted by molar-refractivity contribution is 1.10. The largest absolute Gasteiger partial charge is 0.236 e. The molecular formula is C10H9ClN2S. The van der Waals surface area contributed by atoms with Gasteiger partial charge in [-0.1, -0.05) is 30.0 Å². The number of fused-ring (bicyclic) bond motifs is 1. The van der Waals surface area contributed by atoms with Crippen molar-refractivity contribution in [3.63, 3.8) is 0 Å². The fourth-order valence-corrected chi connectivity index (χ4v) is 2.20. The van der Waals surface area contributed by atoms with E-state index in [4.69, 9.17) is 11.6 Å². The van der Waals surface area contributed by atoms with Crippen molar-refractivity contribution >= 4 is 34.3 Å². The van der Waals surface area contributed by atoms with Crippen molar-refractivity contribution in [2.24, 2.45) is 0 Å². The number of hydrogen-bond acceptors (Lipinski definition) is 3. The zero-order chi connectivity index (χ0) is 9.97. The van der Waals surface area contributed by atoms with Gasteiger partial charge in [-0.2, -0.15) is 0 Å². The van der Waals surface area contributed by atoms with Crippen molar-refractivity contribution in [3.05, 3.63) is 30.6 Å². The van der Waals surface area contributed by atoms with Gasteiger partial charge in [-0.05, 0) is 13.0 Å². The lowest BCUT2D eigenvalue weighted by Crippen LogP contribution is -1.89. The zero-order valence-electron chi connectivity index (χ0n) is 7.64. The summed E-state index contributed by atoms with van der Waals surface area (Å²) in [6, 6.07) is 7.93. The fraction of sp³-hybridized carbons (Fsp3) is 0.200. The van der Waals surface area contributed by atoms with E-state index in [2.05, 4.69) is 9.97 Å². The quantitative estimate of drug-likeness (QED) is 0.445. The first-order valence-corrected chi connectivity index (χ1v) is 5.59. The Labute approximate surface area is 91.7 Å². The van der Waals surface area contributed by atoms with Gasteiger partial charge in [-0.25, -0.2) is 9.97 Å². The molecule has 0 radical (unpaired) electrons. The van der Waals surface area contributed by atoms with Gasteiger partial charge < -0.3 is 0 Å². The molecule has 0 fully saturated rings. The number of para-hydroxylation sites is 1. The molecule has 0 spiro atoms. The van der Waals surface area contributed by atoms with Gasteiger partial charge in [0.2, 0.25) is 0 Å². The van der Waals surface area contributed by atoms with Gasteiger partial charge in [-0.3, -0.25) is 0 Å². The number of benzene rings is 1. The first-order valence-electron chi connectivity index (χ1n) is 4.28. The van der Waals surface area contributed by atoms with Crippen LogP contribution in [0.3, 0.4) is 0 Å². The Morgan fingerprint density at radius 3 is 2.86 bits per heavy atom. The van der Waals surface area contributed by atoms with Crippen LogP contribution in [-0.2, 0) is 0 Å². The van der Waals surface area contributed by atoms with Crippen LogP contribution in [0.25, 0.3) is 10.9 Å². The van der Waals surface area contributed by atoms with Gasteiger partial charge in [-0.15, -0.1) is 11.6 Å². The average molecular weight is 225 g/mol. The van der Waals surface area contributed by atoms with Crippen molar-refractivity contribution in [2.75, 3.05) is 0 Å². The lowest BCUT2D eigenvalue weighted by Gasteiger charge is -2.04. The Balaban J connectivity index is 2.53. The van der Waals surface area contributed by atoms with Gasteiger partial charge in [0.15, 0.2) is 0 Å². The monoisotopic (exact) mass is 224 g/mol. The van der Waals surface area contributed by atoms with Crippen LogP contribution in [0.1, 0.15) is 6.92 Å². The summed E-state index contributed by atoms with van der Waals surface area (Å²) in [5, 5.41) is 2.01. The maximum atomic E-state index is 5.92. The molecule has 14 heavy (non-hydrogen) atoms. The molecule has 1 aromatic carbocycles. The number of nitrogens with zero attached hydrogens (tertiary/aromatic N) is 2. The molecule has 0 saturated heterocycles. The van der Waals surface area contributed by atoms with Crippen molar-refractivity contribution in [3.8, 4) is 0 Å². The van der Waals surface area contributed by atoms with E-state index in [1.165, 1.54) is 0 Å². The molecule has 0 aliphatic rings. The topological polar surface area (TPSA) is 25.8 Å². The van der Waals surface area contributed by atoms with Crippen LogP contribution in [0.15, 0.2) is 35.6 Å². The number of rotatable bonds is 2. The molecule has 1 unspecified atom stereocenters. The lowest BCUT2D eigenvalue weighted by atomic mass is 10.2. The standard InChI is InChI=1S/C10H9ClN2S/c1-7(11)14-10-8-4-2-3-5-9(8)12-6-13-10/h2-7H,1H3. The number of thioether (sulfide) groups is 1. The second-order valence-electron chi connectivity index (χ2n) is 2.86. The van der Waals surface area contributed by atoms with E-state index in [1.807, 2.05) is 31.2 Å². The summed E-state index contributed by atoms with van der Waals surface area (Å²) in [7, 11) is 0. The summed E-state index contributed by atoms with van der Waals surface area (Å²) in [5.74, 6) is 0. The maximum Gasteiger partial charge on any atom is 0.117 e. The van der Waals surface area contributed by atoms with E-state index < -0.39 is 0 Å². The second-order valence-corrected chi connectivity index (χ2v) is 5.10. The molecule has 0 aliphatic carbocycles. The highest BCUT2D eigenvalue weighted by atomic mass is 35.5. The van der Waals surface area contributed by atoms with Crippen LogP contribution in [-0.4, -0.2) is 14.7 Å². The van der Waals surface area contributed by atoms with E-state index in [0.29, 0.717) is 0 Å². The molecule has 4 heteroatoms. The summed E-state index contributed by atoms with van der Waals surface area (Å²) >= 11 is 7.46.